The predicted molar refractivity (Wildman–Crippen MR) is 125 cm³/mol. The van der Waals surface area contributed by atoms with Gasteiger partial charge in [0.15, 0.2) is 17.4 Å². The molecule has 0 radical (unpaired) electrons. The highest BCUT2D eigenvalue weighted by Gasteiger charge is 2.32. The van der Waals surface area contributed by atoms with Crippen LogP contribution in [0.3, 0.4) is 0 Å². The Balaban J connectivity index is 1.54. The van der Waals surface area contributed by atoms with E-state index in [2.05, 4.69) is 37.1 Å². The van der Waals surface area contributed by atoms with Crippen molar-refractivity contribution in [2.75, 3.05) is 50.6 Å². The van der Waals surface area contributed by atoms with Gasteiger partial charge in [-0.3, -0.25) is 0 Å². The van der Waals surface area contributed by atoms with Crippen LogP contribution in [0.4, 0.5) is 24.7 Å². The minimum absolute atomic E-state index is 0.0964. The Morgan fingerprint density at radius 1 is 1.17 bits per heavy atom. The van der Waals surface area contributed by atoms with Gasteiger partial charge in [-0.15, -0.1) is 28.5 Å². The summed E-state index contributed by atoms with van der Waals surface area (Å²) < 4.78 is 50.0. The molecule has 1 fully saturated rings. The van der Waals surface area contributed by atoms with Crippen molar-refractivity contribution in [2.24, 2.45) is 5.92 Å². The largest absolute Gasteiger partial charge is 0.573 e. The molecule has 1 atom stereocenters. The van der Waals surface area contributed by atoms with E-state index in [9.17, 15) is 13.2 Å². The van der Waals surface area contributed by atoms with Crippen LogP contribution in [0, 0.1) is 5.92 Å². The summed E-state index contributed by atoms with van der Waals surface area (Å²) in [7, 11) is 4.08. The number of rotatable bonds is 5. The zero-order chi connectivity index (χ0) is 24.7. The molecular formula is C23H28F3N7O2. The van der Waals surface area contributed by atoms with Crippen molar-refractivity contribution in [3.05, 3.63) is 24.3 Å². The second-order valence-corrected chi connectivity index (χ2v) is 9.26. The lowest BCUT2D eigenvalue weighted by Gasteiger charge is -2.34. The van der Waals surface area contributed by atoms with Gasteiger partial charge in [0, 0.05) is 19.2 Å². The molecular weight excluding hydrogens is 463 g/mol. The topological polar surface area (TPSA) is 80.0 Å². The van der Waals surface area contributed by atoms with Gasteiger partial charge in [-0.05, 0) is 58.0 Å². The van der Waals surface area contributed by atoms with Crippen LogP contribution in [0.25, 0.3) is 17.0 Å². The van der Waals surface area contributed by atoms with Crippen molar-refractivity contribution in [3.8, 4) is 22.9 Å². The summed E-state index contributed by atoms with van der Waals surface area (Å²) in [5.41, 5.74) is 1.61. The highest BCUT2D eigenvalue weighted by Crippen LogP contribution is 2.42. The number of nitrogens with one attached hydrogen (secondary N) is 1. The van der Waals surface area contributed by atoms with E-state index >= 15 is 0 Å². The molecule has 2 aliphatic rings. The van der Waals surface area contributed by atoms with Gasteiger partial charge in [-0.25, -0.2) is 0 Å². The van der Waals surface area contributed by atoms with Crippen LogP contribution in [0.2, 0.25) is 0 Å². The zero-order valence-corrected chi connectivity index (χ0v) is 19.8. The number of hydrogen-bond donors (Lipinski definition) is 1. The van der Waals surface area contributed by atoms with Crippen LogP contribution >= 0.6 is 0 Å². The first kappa shape index (κ1) is 23.5. The van der Waals surface area contributed by atoms with Crippen molar-refractivity contribution in [2.45, 2.75) is 32.2 Å². The minimum atomic E-state index is -4.79. The summed E-state index contributed by atoms with van der Waals surface area (Å²) in [6.45, 7) is 5.40. The van der Waals surface area contributed by atoms with Gasteiger partial charge >= 0.3 is 6.36 Å². The maximum absolute atomic E-state index is 12.8. The average Bonchev–Trinajstić information content (AvgIpc) is 3.23. The Morgan fingerprint density at radius 3 is 2.69 bits per heavy atom. The van der Waals surface area contributed by atoms with Crippen molar-refractivity contribution >= 4 is 17.2 Å². The van der Waals surface area contributed by atoms with Gasteiger partial charge in [0.2, 0.25) is 5.65 Å². The Bertz CT molecular complexity index is 1210. The average molecular weight is 492 g/mol. The number of alkyl halides is 3. The van der Waals surface area contributed by atoms with E-state index in [1.54, 1.807) is 10.6 Å². The lowest BCUT2D eigenvalue weighted by Crippen LogP contribution is -2.39. The van der Waals surface area contributed by atoms with E-state index in [4.69, 9.17) is 9.84 Å². The third-order valence-corrected chi connectivity index (χ3v) is 6.69. The minimum Gasteiger partial charge on any atom is -0.485 e. The molecule has 1 saturated heterocycles. The molecule has 0 bridgehead atoms. The number of aromatic nitrogens is 4. The third kappa shape index (κ3) is 4.79. The fourth-order valence-corrected chi connectivity index (χ4v) is 4.51. The van der Waals surface area contributed by atoms with Crippen LogP contribution in [-0.2, 0) is 0 Å². The third-order valence-electron chi connectivity index (χ3n) is 6.69. The first-order valence-corrected chi connectivity index (χ1v) is 11.6. The van der Waals surface area contributed by atoms with Crippen LogP contribution in [0.1, 0.15) is 19.8 Å². The Hall–Kier alpha value is -3.28. The zero-order valence-electron chi connectivity index (χ0n) is 19.8. The molecule has 5 rings (SSSR count). The summed E-state index contributed by atoms with van der Waals surface area (Å²) in [6.07, 6.45) is -2.60. The molecule has 1 aromatic carbocycles. The van der Waals surface area contributed by atoms with Crippen molar-refractivity contribution in [3.63, 3.8) is 0 Å². The molecule has 0 spiro atoms. The van der Waals surface area contributed by atoms with E-state index in [-0.39, 0.29) is 11.8 Å². The van der Waals surface area contributed by atoms with E-state index in [1.165, 1.54) is 18.2 Å². The second-order valence-electron chi connectivity index (χ2n) is 9.26. The van der Waals surface area contributed by atoms with Crippen molar-refractivity contribution in [1.29, 1.82) is 0 Å². The Morgan fingerprint density at radius 2 is 1.94 bits per heavy atom. The quantitative estimate of drug-likeness (QED) is 0.580. The maximum atomic E-state index is 12.8. The molecule has 3 aromatic rings. The molecule has 1 N–H and O–H groups in total. The van der Waals surface area contributed by atoms with E-state index in [0.717, 1.165) is 38.2 Å². The molecule has 4 heterocycles. The van der Waals surface area contributed by atoms with Gasteiger partial charge in [-0.2, -0.15) is 4.52 Å². The summed E-state index contributed by atoms with van der Waals surface area (Å²) in [5, 5.41) is 16.8. The summed E-state index contributed by atoms with van der Waals surface area (Å²) in [4.78, 5) is 4.39. The molecule has 0 amide bonds. The number of ether oxygens (including phenoxy) is 2. The molecule has 9 nitrogen and oxygen atoms in total. The Kier molecular flexibility index (Phi) is 6.07. The normalized spacial score (nSPS) is 19.5. The van der Waals surface area contributed by atoms with E-state index < -0.39 is 6.36 Å². The number of benzene rings is 1. The Labute approximate surface area is 200 Å². The monoisotopic (exact) mass is 491 g/mol. The number of halogens is 3. The number of anilines is 2. The van der Waals surface area contributed by atoms with Gasteiger partial charge in [0.05, 0.1) is 6.04 Å². The van der Waals surface area contributed by atoms with E-state index in [1.807, 2.05) is 14.0 Å². The molecule has 2 aliphatic heterocycles. The van der Waals surface area contributed by atoms with Crippen LogP contribution < -0.4 is 19.7 Å². The SMILES string of the molecule is CC1COc2c(NCC3CCN(C)CC3)nn3c(-c4cccc(OC(F)(F)F)c4)nnc3c2N1C. The number of fused-ring (bicyclic) bond motifs is 3. The molecule has 0 saturated carbocycles. The van der Waals surface area contributed by atoms with Crippen molar-refractivity contribution < 1.29 is 22.6 Å². The number of likely N-dealkylation sites (tertiary alicyclic amines) is 1. The summed E-state index contributed by atoms with van der Waals surface area (Å²) in [5.74, 6) is 1.66. The van der Waals surface area contributed by atoms with Crippen LogP contribution in [-0.4, -0.2) is 77.5 Å². The lowest BCUT2D eigenvalue weighted by atomic mass is 9.97. The molecule has 1 unspecified atom stereocenters. The molecule has 0 aliphatic carbocycles. The maximum Gasteiger partial charge on any atom is 0.573 e. The predicted octanol–water partition coefficient (Wildman–Crippen LogP) is 3.66. The van der Waals surface area contributed by atoms with Crippen LogP contribution in [0.5, 0.6) is 11.5 Å². The number of hydrogen-bond acceptors (Lipinski definition) is 8. The van der Waals surface area contributed by atoms with Gasteiger partial charge in [0.25, 0.3) is 0 Å². The van der Waals surface area contributed by atoms with Gasteiger partial charge in [0.1, 0.15) is 18.0 Å². The number of nitrogens with zero attached hydrogens (tertiary/aromatic N) is 6. The first-order valence-electron chi connectivity index (χ1n) is 11.6. The standard InChI is InChI=1S/C23H28F3N7O2/c1-14-13-34-19-18(32(14)3)22-29-28-21(16-5-4-6-17(11-16)35-23(24,25)26)33(22)30-20(19)27-12-15-7-9-31(2)10-8-15/h4-6,11,14-15H,7-10,12-13H2,1-3H3,(H,27,30). The molecule has 188 valence electrons. The fourth-order valence-electron chi connectivity index (χ4n) is 4.51. The van der Waals surface area contributed by atoms with Crippen molar-refractivity contribution in [1.82, 2.24) is 24.7 Å². The summed E-state index contributed by atoms with van der Waals surface area (Å²) >= 11 is 0. The van der Waals surface area contributed by atoms with E-state index in [0.29, 0.717) is 41.1 Å². The number of piperidine rings is 1. The van der Waals surface area contributed by atoms with Crippen LogP contribution in [0.15, 0.2) is 24.3 Å². The lowest BCUT2D eigenvalue weighted by molar-refractivity contribution is -0.274. The highest BCUT2D eigenvalue weighted by atomic mass is 19.4. The highest BCUT2D eigenvalue weighted by molar-refractivity contribution is 5.83. The fraction of sp³-hybridized carbons (Fsp3) is 0.522. The molecule has 12 heteroatoms. The summed E-state index contributed by atoms with van der Waals surface area (Å²) in [6, 6.07) is 5.74. The smallest absolute Gasteiger partial charge is 0.485 e. The number of likely N-dealkylation sites (N-methyl/N-ethyl adjacent to an activating group) is 1. The molecule has 35 heavy (non-hydrogen) atoms. The van der Waals surface area contributed by atoms with Gasteiger partial charge < -0.3 is 24.6 Å². The van der Waals surface area contributed by atoms with Gasteiger partial charge in [-0.1, -0.05) is 12.1 Å². The second kappa shape index (κ2) is 9.06. The molecule has 2 aromatic heterocycles. The first-order chi connectivity index (χ1) is 16.7.